The van der Waals surface area contributed by atoms with Gasteiger partial charge in [0.15, 0.2) is 0 Å². The molecule has 0 spiro atoms. The van der Waals surface area contributed by atoms with E-state index in [4.69, 9.17) is 10.8 Å². The molecule has 0 saturated carbocycles. The molecule has 12 heavy (non-hydrogen) atoms. The van der Waals surface area contributed by atoms with E-state index in [0.717, 1.165) is 9.40 Å². The Morgan fingerprint density at radius 3 is 3.00 bits per heavy atom. The van der Waals surface area contributed by atoms with Crippen molar-refractivity contribution in [2.24, 2.45) is 0 Å². The Morgan fingerprint density at radius 2 is 2.33 bits per heavy atom. The van der Waals surface area contributed by atoms with Crippen molar-refractivity contribution in [3.8, 4) is 0 Å². The fourth-order valence-corrected chi connectivity index (χ4v) is 3.05. The molecule has 5 heteroatoms. The van der Waals surface area contributed by atoms with E-state index in [1.54, 1.807) is 11.4 Å². The van der Waals surface area contributed by atoms with Gasteiger partial charge < -0.3 is 10.8 Å². The van der Waals surface area contributed by atoms with Crippen LogP contribution in [0.3, 0.4) is 0 Å². The van der Waals surface area contributed by atoms with E-state index in [9.17, 15) is 4.79 Å². The van der Waals surface area contributed by atoms with Crippen LogP contribution in [-0.4, -0.2) is 11.1 Å². The number of aromatic carboxylic acids is 1. The van der Waals surface area contributed by atoms with Crippen LogP contribution >= 0.6 is 22.7 Å². The van der Waals surface area contributed by atoms with E-state index >= 15 is 0 Å². The Morgan fingerprint density at radius 1 is 1.58 bits per heavy atom. The molecular weight excluding hydrogens is 194 g/mol. The molecule has 2 aromatic rings. The summed E-state index contributed by atoms with van der Waals surface area (Å²) in [6.07, 6.45) is 0. The van der Waals surface area contributed by atoms with Crippen LogP contribution in [0.5, 0.6) is 0 Å². The molecule has 0 atom stereocenters. The molecule has 2 rings (SSSR count). The van der Waals surface area contributed by atoms with Crippen molar-refractivity contribution in [1.82, 2.24) is 0 Å². The highest BCUT2D eigenvalue weighted by Gasteiger charge is 2.12. The molecule has 0 aliphatic rings. The number of carboxylic acids is 1. The van der Waals surface area contributed by atoms with Gasteiger partial charge in [0.05, 0.1) is 14.6 Å². The van der Waals surface area contributed by atoms with E-state index in [1.165, 1.54) is 22.7 Å². The third kappa shape index (κ3) is 0.981. The third-order valence-corrected chi connectivity index (χ3v) is 3.61. The monoisotopic (exact) mass is 199 g/mol. The zero-order valence-electron chi connectivity index (χ0n) is 5.90. The van der Waals surface area contributed by atoms with E-state index in [0.29, 0.717) is 10.6 Å². The minimum absolute atomic E-state index is 0.350. The van der Waals surface area contributed by atoms with Crippen molar-refractivity contribution in [1.29, 1.82) is 0 Å². The van der Waals surface area contributed by atoms with Crippen LogP contribution < -0.4 is 5.73 Å². The van der Waals surface area contributed by atoms with Crippen molar-refractivity contribution in [2.45, 2.75) is 0 Å². The lowest BCUT2D eigenvalue weighted by molar-refractivity contribution is 0.0699. The first-order valence-corrected chi connectivity index (χ1v) is 4.88. The lowest BCUT2D eigenvalue weighted by atomic mass is 10.2. The average Bonchev–Trinajstić information content (AvgIpc) is 2.43. The average molecular weight is 199 g/mol. The van der Waals surface area contributed by atoms with Gasteiger partial charge in [0.1, 0.15) is 0 Å². The number of rotatable bonds is 1. The summed E-state index contributed by atoms with van der Waals surface area (Å²) < 4.78 is 0.977. The van der Waals surface area contributed by atoms with Gasteiger partial charge in [-0.05, 0) is 6.07 Å². The van der Waals surface area contributed by atoms with Crippen molar-refractivity contribution in [3.05, 3.63) is 17.0 Å². The Balaban J connectivity index is 2.76. The number of anilines is 1. The van der Waals surface area contributed by atoms with Gasteiger partial charge in [0.25, 0.3) is 0 Å². The predicted molar refractivity (Wildman–Crippen MR) is 51.1 cm³/mol. The molecule has 0 radical (unpaired) electrons. The lowest BCUT2D eigenvalue weighted by Crippen LogP contribution is -1.92. The molecule has 3 nitrogen and oxygen atoms in total. The number of hydrogen-bond acceptors (Lipinski definition) is 4. The molecule has 0 saturated heterocycles. The van der Waals surface area contributed by atoms with E-state index in [-0.39, 0.29) is 0 Å². The molecule has 0 aliphatic carbocycles. The summed E-state index contributed by atoms with van der Waals surface area (Å²) in [6.45, 7) is 0. The number of thiophene rings is 2. The summed E-state index contributed by atoms with van der Waals surface area (Å²) in [5, 5.41) is 11.8. The van der Waals surface area contributed by atoms with Gasteiger partial charge in [-0.2, -0.15) is 0 Å². The minimum atomic E-state index is -0.890. The molecule has 0 aromatic carbocycles. The number of hydrogen-bond donors (Lipinski definition) is 2. The molecule has 2 aromatic heterocycles. The lowest BCUT2D eigenvalue weighted by Gasteiger charge is -1.84. The van der Waals surface area contributed by atoms with E-state index in [2.05, 4.69) is 0 Å². The number of nitrogen functional groups attached to an aromatic ring is 1. The summed E-state index contributed by atoms with van der Waals surface area (Å²) in [5.74, 6) is -0.890. The Kier molecular flexibility index (Phi) is 1.55. The topological polar surface area (TPSA) is 63.3 Å². The van der Waals surface area contributed by atoms with Gasteiger partial charge in [-0.15, -0.1) is 22.7 Å². The maximum atomic E-state index is 10.7. The summed E-state index contributed by atoms with van der Waals surface area (Å²) >= 11 is 2.84. The van der Waals surface area contributed by atoms with E-state index in [1.807, 2.05) is 0 Å². The highest BCUT2D eigenvalue weighted by Crippen LogP contribution is 2.35. The molecule has 62 valence electrons. The van der Waals surface area contributed by atoms with Crippen LogP contribution in [-0.2, 0) is 0 Å². The predicted octanol–water partition coefficient (Wildman–Crippen LogP) is 2.24. The fourth-order valence-electron chi connectivity index (χ4n) is 1.01. The zero-order valence-corrected chi connectivity index (χ0v) is 7.54. The molecule has 0 unspecified atom stereocenters. The van der Waals surface area contributed by atoms with Gasteiger partial charge in [-0.25, -0.2) is 4.79 Å². The zero-order chi connectivity index (χ0) is 8.72. The Hall–Kier alpha value is -1.07. The van der Waals surface area contributed by atoms with E-state index < -0.39 is 5.97 Å². The summed E-state index contributed by atoms with van der Waals surface area (Å²) in [6, 6.07) is 1.71. The Labute approximate surface area is 76.1 Å². The highest BCUT2D eigenvalue weighted by molar-refractivity contribution is 7.39. The van der Waals surface area contributed by atoms with Crippen LogP contribution in [0.2, 0.25) is 0 Å². The van der Waals surface area contributed by atoms with Crippen molar-refractivity contribution >= 4 is 43.0 Å². The van der Waals surface area contributed by atoms with Gasteiger partial charge in [-0.3, -0.25) is 0 Å². The smallest absolute Gasteiger partial charge is 0.337 e. The first kappa shape index (κ1) is 7.57. The second kappa shape index (κ2) is 2.46. The number of nitrogens with two attached hydrogens (primary N) is 1. The molecule has 0 aliphatic heterocycles. The molecule has 0 bridgehead atoms. The summed E-state index contributed by atoms with van der Waals surface area (Å²) in [5.41, 5.74) is 5.89. The van der Waals surface area contributed by atoms with Crippen LogP contribution in [0, 0.1) is 0 Å². The van der Waals surface area contributed by atoms with Crippen LogP contribution in [0.4, 0.5) is 5.00 Å². The van der Waals surface area contributed by atoms with Crippen molar-refractivity contribution in [2.75, 3.05) is 5.73 Å². The van der Waals surface area contributed by atoms with Gasteiger partial charge in [-0.1, -0.05) is 0 Å². The van der Waals surface area contributed by atoms with Gasteiger partial charge in [0, 0.05) is 10.8 Å². The van der Waals surface area contributed by atoms with Crippen molar-refractivity contribution < 1.29 is 9.90 Å². The first-order chi connectivity index (χ1) is 5.68. The molecule has 3 N–H and O–H groups in total. The van der Waals surface area contributed by atoms with Gasteiger partial charge in [0.2, 0.25) is 0 Å². The second-order valence-corrected chi connectivity index (χ2v) is 4.53. The summed E-state index contributed by atoms with van der Waals surface area (Å²) in [7, 11) is 0. The standard InChI is InChI=1S/C7H5NO2S2/c8-5-1-3-4(6(9)10)2-11-7(3)12-5/h1-2H,8H2,(H,9,10). The first-order valence-electron chi connectivity index (χ1n) is 3.18. The van der Waals surface area contributed by atoms with Crippen LogP contribution in [0.15, 0.2) is 11.4 Å². The van der Waals surface area contributed by atoms with Gasteiger partial charge >= 0.3 is 5.97 Å². The molecular formula is C7H5NO2S2. The minimum Gasteiger partial charge on any atom is -0.478 e. The fraction of sp³-hybridized carbons (Fsp3) is 0. The Bertz CT molecular complexity index is 443. The second-order valence-electron chi connectivity index (χ2n) is 2.30. The third-order valence-electron chi connectivity index (χ3n) is 1.52. The highest BCUT2D eigenvalue weighted by atomic mass is 32.2. The number of carboxylic acid groups (broad SMARTS) is 1. The van der Waals surface area contributed by atoms with Crippen molar-refractivity contribution in [3.63, 3.8) is 0 Å². The normalized spacial score (nSPS) is 10.7. The number of fused-ring (bicyclic) bond motifs is 1. The molecule has 0 amide bonds. The summed E-state index contributed by atoms with van der Waals surface area (Å²) in [4.78, 5) is 10.7. The van der Waals surface area contributed by atoms with Crippen LogP contribution in [0.25, 0.3) is 9.40 Å². The largest absolute Gasteiger partial charge is 0.478 e. The SMILES string of the molecule is Nc1cc2c(C(=O)O)csc2s1. The molecule has 2 heterocycles. The maximum Gasteiger partial charge on any atom is 0.337 e. The maximum absolute atomic E-state index is 10.7. The molecule has 0 fully saturated rings. The number of carbonyl (C=O) groups is 1. The quantitative estimate of drug-likeness (QED) is 0.740. The van der Waals surface area contributed by atoms with Crippen LogP contribution in [0.1, 0.15) is 10.4 Å².